The van der Waals surface area contributed by atoms with Gasteiger partial charge in [-0.3, -0.25) is 9.78 Å². The molecule has 0 aromatic carbocycles. The first-order valence-electron chi connectivity index (χ1n) is 9.36. The number of rotatable bonds is 7. The average molecular weight is 396 g/mol. The van der Waals surface area contributed by atoms with Crippen LogP contribution in [0, 0.1) is 10.8 Å². The van der Waals surface area contributed by atoms with Gasteiger partial charge in [-0.2, -0.15) is 0 Å². The van der Waals surface area contributed by atoms with Crippen molar-refractivity contribution in [3.63, 3.8) is 0 Å². The molecule has 0 saturated carbocycles. The molecule has 0 bridgehead atoms. The minimum absolute atomic E-state index is 0.255. The molecule has 29 heavy (non-hydrogen) atoms. The first-order valence-corrected chi connectivity index (χ1v) is 9.36. The normalized spacial score (nSPS) is 16.1. The Morgan fingerprint density at radius 2 is 2.14 bits per heavy atom. The zero-order valence-corrected chi connectivity index (χ0v) is 16.2. The number of allylic oxidation sites excluding steroid dienone is 1. The van der Waals surface area contributed by atoms with E-state index in [4.69, 9.17) is 20.6 Å². The molecule has 0 unspecified atom stereocenters. The predicted octanol–water partition coefficient (Wildman–Crippen LogP) is 2.16. The van der Waals surface area contributed by atoms with Gasteiger partial charge in [-0.25, -0.2) is 9.97 Å². The number of pyridine rings is 1. The van der Waals surface area contributed by atoms with Crippen LogP contribution in [0.1, 0.15) is 19.8 Å². The minimum Gasteiger partial charge on any atom is -0.477 e. The van der Waals surface area contributed by atoms with Crippen LogP contribution < -0.4 is 15.8 Å². The van der Waals surface area contributed by atoms with E-state index in [9.17, 15) is 4.79 Å². The second kappa shape index (κ2) is 9.24. The summed E-state index contributed by atoms with van der Waals surface area (Å²) >= 11 is 0. The fourth-order valence-corrected chi connectivity index (χ4v) is 3.18. The van der Waals surface area contributed by atoms with Crippen LogP contribution in [0.2, 0.25) is 0 Å². The highest BCUT2D eigenvalue weighted by Gasteiger charge is 2.42. The molecule has 0 radical (unpaired) electrons. The third-order valence-electron chi connectivity index (χ3n) is 4.80. The number of nitrogens with two attached hydrogens (primary N) is 1. The van der Waals surface area contributed by atoms with Crippen molar-refractivity contribution < 1.29 is 14.3 Å². The van der Waals surface area contributed by atoms with Gasteiger partial charge in [-0.1, -0.05) is 0 Å². The van der Waals surface area contributed by atoms with Gasteiger partial charge >= 0.3 is 0 Å². The molecular weight excluding hydrogens is 372 g/mol. The Labute approximate surface area is 168 Å². The monoisotopic (exact) mass is 396 g/mol. The van der Waals surface area contributed by atoms with Crippen molar-refractivity contribution in [1.82, 2.24) is 15.0 Å². The SMILES string of the molecule is CCOc1cncc(-c2ccc(NC(=O)C3(C(N)=CC=N)CCOCC3)nc2)n1. The Morgan fingerprint density at radius 3 is 2.79 bits per heavy atom. The lowest BCUT2D eigenvalue weighted by molar-refractivity contribution is -0.128. The summed E-state index contributed by atoms with van der Waals surface area (Å²) in [5.41, 5.74) is 6.96. The van der Waals surface area contributed by atoms with Crippen LogP contribution in [0.25, 0.3) is 11.3 Å². The zero-order chi connectivity index (χ0) is 20.7. The largest absolute Gasteiger partial charge is 0.477 e. The van der Waals surface area contributed by atoms with Crippen LogP contribution in [0.4, 0.5) is 5.82 Å². The van der Waals surface area contributed by atoms with Crippen molar-refractivity contribution in [2.75, 3.05) is 25.1 Å². The summed E-state index contributed by atoms with van der Waals surface area (Å²) in [6, 6.07) is 3.50. The molecule has 1 aliphatic heterocycles. The number of anilines is 1. The second-order valence-electron chi connectivity index (χ2n) is 6.54. The van der Waals surface area contributed by atoms with E-state index in [0.717, 1.165) is 11.8 Å². The number of ether oxygens (including phenoxy) is 2. The standard InChI is InChI=1S/C20H24N6O3/c1-2-29-18-13-23-12-15(25-18)14-3-4-17(24-11-14)26-19(27)20(16(22)5-8-21)6-9-28-10-7-20/h3-5,8,11-13,21H,2,6-7,9-10,22H2,1H3,(H,24,26,27). The van der Waals surface area contributed by atoms with Crippen molar-refractivity contribution in [3.8, 4) is 17.1 Å². The molecule has 1 saturated heterocycles. The summed E-state index contributed by atoms with van der Waals surface area (Å²) in [6.45, 7) is 3.24. The number of hydrogen-bond acceptors (Lipinski definition) is 8. The van der Waals surface area contributed by atoms with E-state index in [2.05, 4.69) is 20.3 Å². The lowest BCUT2D eigenvalue weighted by Gasteiger charge is -2.35. The molecule has 1 amide bonds. The second-order valence-corrected chi connectivity index (χ2v) is 6.54. The number of nitrogens with one attached hydrogen (secondary N) is 2. The number of hydrogen-bond donors (Lipinski definition) is 3. The van der Waals surface area contributed by atoms with Gasteiger partial charge in [-0.15, -0.1) is 0 Å². The fourth-order valence-electron chi connectivity index (χ4n) is 3.18. The topological polar surface area (TPSA) is 136 Å². The Morgan fingerprint density at radius 1 is 1.34 bits per heavy atom. The van der Waals surface area contributed by atoms with Gasteiger partial charge < -0.3 is 25.9 Å². The fraction of sp³-hybridized carbons (Fsp3) is 0.350. The van der Waals surface area contributed by atoms with Crippen molar-refractivity contribution in [1.29, 1.82) is 5.41 Å². The third-order valence-corrected chi connectivity index (χ3v) is 4.80. The van der Waals surface area contributed by atoms with E-state index in [1.807, 2.05) is 6.92 Å². The van der Waals surface area contributed by atoms with Crippen molar-refractivity contribution in [2.45, 2.75) is 19.8 Å². The maximum absolute atomic E-state index is 13.0. The number of aromatic nitrogens is 3. The molecule has 152 valence electrons. The van der Waals surface area contributed by atoms with Crippen LogP contribution in [0.15, 0.2) is 42.5 Å². The van der Waals surface area contributed by atoms with Gasteiger partial charge in [-0.05, 0) is 38.0 Å². The van der Waals surface area contributed by atoms with Crippen molar-refractivity contribution in [3.05, 3.63) is 42.5 Å². The maximum Gasteiger partial charge on any atom is 0.237 e. The van der Waals surface area contributed by atoms with Crippen molar-refractivity contribution in [2.24, 2.45) is 11.1 Å². The Bertz CT molecular complexity index is 891. The molecule has 9 nitrogen and oxygen atoms in total. The molecule has 2 aromatic rings. The summed E-state index contributed by atoms with van der Waals surface area (Å²) in [4.78, 5) is 25.9. The summed E-state index contributed by atoms with van der Waals surface area (Å²) in [5.74, 6) is 0.591. The summed E-state index contributed by atoms with van der Waals surface area (Å²) in [7, 11) is 0. The molecule has 0 spiro atoms. The molecule has 0 aliphatic carbocycles. The maximum atomic E-state index is 13.0. The van der Waals surface area contributed by atoms with Crippen LogP contribution in [0.3, 0.4) is 0 Å². The molecule has 3 heterocycles. The van der Waals surface area contributed by atoms with Gasteiger partial charge in [0.25, 0.3) is 0 Å². The molecule has 1 fully saturated rings. The van der Waals surface area contributed by atoms with Crippen LogP contribution in [-0.2, 0) is 9.53 Å². The number of amides is 1. The predicted molar refractivity (Wildman–Crippen MR) is 109 cm³/mol. The molecule has 4 N–H and O–H groups in total. The van der Waals surface area contributed by atoms with Gasteiger partial charge in [0, 0.05) is 36.9 Å². The highest BCUT2D eigenvalue weighted by molar-refractivity contribution is 5.97. The average Bonchev–Trinajstić information content (AvgIpc) is 2.75. The highest BCUT2D eigenvalue weighted by Crippen LogP contribution is 2.36. The van der Waals surface area contributed by atoms with E-state index < -0.39 is 5.41 Å². The Kier molecular flexibility index (Phi) is 6.50. The van der Waals surface area contributed by atoms with Gasteiger partial charge in [0.2, 0.25) is 11.8 Å². The number of carbonyl (C=O) groups excluding carboxylic acids is 1. The number of nitrogens with zero attached hydrogens (tertiary/aromatic N) is 3. The van der Waals surface area contributed by atoms with E-state index in [1.165, 1.54) is 6.08 Å². The molecule has 3 rings (SSSR count). The smallest absolute Gasteiger partial charge is 0.237 e. The molecule has 0 atom stereocenters. The molecule has 2 aromatic heterocycles. The summed E-state index contributed by atoms with van der Waals surface area (Å²) in [6.07, 6.45) is 8.23. The van der Waals surface area contributed by atoms with E-state index in [1.54, 1.807) is 30.7 Å². The van der Waals surface area contributed by atoms with Crippen LogP contribution in [0.5, 0.6) is 5.88 Å². The molecular formula is C20H24N6O3. The van der Waals surface area contributed by atoms with E-state index >= 15 is 0 Å². The third kappa shape index (κ3) is 4.57. The first-order chi connectivity index (χ1) is 14.1. The zero-order valence-electron chi connectivity index (χ0n) is 16.2. The summed E-state index contributed by atoms with van der Waals surface area (Å²) in [5, 5.41) is 10.1. The van der Waals surface area contributed by atoms with Gasteiger partial charge in [0.1, 0.15) is 5.82 Å². The van der Waals surface area contributed by atoms with Gasteiger partial charge in [0.05, 0.1) is 30.1 Å². The van der Waals surface area contributed by atoms with Crippen molar-refractivity contribution >= 4 is 17.9 Å². The lowest BCUT2D eigenvalue weighted by atomic mass is 9.76. The minimum atomic E-state index is -0.909. The molecule has 1 aliphatic rings. The quantitative estimate of drug-likeness (QED) is 0.610. The Hall–Kier alpha value is -3.33. The number of carbonyl (C=O) groups is 1. The Balaban J connectivity index is 1.78. The van der Waals surface area contributed by atoms with Gasteiger partial charge in [0.15, 0.2) is 0 Å². The van der Waals surface area contributed by atoms with Crippen LogP contribution >= 0.6 is 0 Å². The molecule has 9 heteroatoms. The first kappa shape index (κ1) is 20.4. The van der Waals surface area contributed by atoms with E-state index in [0.29, 0.717) is 55.8 Å². The van der Waals surface area contributed by atoms with E-state index in [-0.39, 0.29) is 5.91 Å². The lowest BCUT2D eigenvalue weighted by Crippen LogP contribution is -2.45. The summed E-state index contributed by atoms with van der Waals surface area (Å²) < 4.78 is 10.8. The van der Waals surface area contributed by atoms with Crippen LogP contribution in [-0.4, -0.2) is 46.9 Å². The highest BCUT2D eigenvalue weighted by atomic mass is 16.5.